The molecular formula is C23H21ClN4O2S2. The van der Waals surface area contributed by atoms with Gasteiger partial charge in [0.2, 0.25) is 10.0 Å². The maximum Gasteiger partial charge on any atom is 0.247 e. The van der Waals surface area contributed by atoms with Crippen LogP contribution in [-0.2, 0) is 10.0 Å². The Balaban J connectivity index is 1.46. The van der Waals surface area contributed by atoms with Gasteiger partial charge in [-0.05, 0) is 35.7 Å². The fourth-order valence-electron chi connectivity index (χ4n) is 3.86. The summed E-state index contributed by atoms with van der Waals surface area (Å²) in [6, 6.07) is 21.0. The Bertz CT molecular complexity index is 1310. The highest BCUT2D eigenvalue weighted by molar-refractivity contribution is 7.89. The van der Waals surface area contributed by atoms with Gasteiger partial charge in [0.1, 0.15) is 10.6 Å². The minimum absolute atomic E-state index is 0.231. The van der Waals surface area contributed by atoms with Gasteiger partial charge in [0.25, 0.3) is 0 Å². The molecule has 5 rings (SSSR count). The number of halogens is 1. The third-order valence-electron chi connectivity index (χ3n) is 5.51. The number of nitrogens with zero attached hydrogens (tertiary/aromatic N) is 4. The van der Waals surface area contributed by atoms with E-state index in [9.17, 15) is 8.42 Å². The van der Waals surface area contributed by atoms with E-state index in [1.165, 1.54) is 11.3 Å². The van der Waals surface area contributed by atoms with E-state index in [-0.39, 0.29) is 4.90 Å². The minimum atomic E-state index is -3.72. The second-order valence-electron chi connectivity index (χ2n) is 7.44. The lowest BCUT2D eigenvalue weighted by Crippen LogP contribution is -2.48. The van der Waals surface area contributed by atoms with Crippen LogP contribution >= 0.6 is 22.9 Å². The Morgan fingerprint density at radius 2 is 1.59 bits per heavy atom. The molecule has 1 aliphatic heterocycles. The average molecular weight is 485 g/mol. The maximum absolute atomic E-state index is 13.7. The molecule has 0 saturated carbocycles. The molecule has 2 aromatic heterocycles. The molecule has 0 aliphatic carbocycles. The van der Waals surface area contributed by atoms with Gasteiger partial charge in [0, 0.05) is 26.2 Å². The molecule has 0 unspecified atom stereocenters. The SMILES string of the molecule is O=S(=O)(c1cn(-c2ccccc2)nc1-c1cccs1)N1CCN(c2ccccc2Cl)CC1. The molecule has 1 aliphatic rings. The highest BCUT2D eigenvalue weighted by atomic mass is 35.5. The van der Waals surface area contributed by atoms with Crippen molar-refractivity contribution in [1.82, 2.24) is 14.1 Å². The lowest BCUT2D eigenvalue weighted by atomic mass is 10.2. The van der Waals surface area contributed by atoms with Gasteiger partial charge in [-0.1, -0.05) is 48.0 Å². The smallest absolute Gasteiger partial charge is 0.247 e. The topological polar surface area (TPSA) is 58.4 Å². The summed E-state index contributed by atoms with van der Waals surface area (Å²) in [5.74, 6) is 0. The monoisotopic (exact) mass is 484 g/mol. The van der Waals surface area contributed by atoms with Crippen molar-refractivity contribution in [3.05, 3.63) is 83.3 Å². The largest absolute Gasteiger partial charge is 0.368 e. The van der Waals surface area contributed by atoms with Crippen molar-refractivity contribution in [3.63, 3.8) is 0 Å². The van der Waals surface area contributed by atoms with Crippen LogP contribution in [0.15, 0.2) is 83.2 Å². The maximum atomic E-state index is 13.7. The molecular weight excluding hydrogens is 464 g/mol. The Morgan fingerprint density at radius 3 is 2.28 bits per heavy atom. The molecule has 0 amide bonds. The van der Waals surface area contributed by atoms with Crippen LogP contribution < -0.4 is 4.90 Å². The lowest BCUT2D eigenvalue weighted by molar-refractivity contribution is 0.385. The quantitative estimate of drug-likeness (QED) is 0.409. The van der Waals surface area contributed by atoms with Crippen molar-refractivity contribution in [2.45, 2.75) is 4.90 Å². The summed E-state index contributed by atoms with van der Waals surface area (Å²) in [7, 11) is -3.72. The lowest BCUT2D eigenvalue weighted by Gasteiger charge is -2.35. The second-order valence-corrected chi connectivity index (χ2v) is 10.7. The zero-order valence-electron chi connectivity index (χ0n) is 17.1. The predicted octanol–water partition coefficient (Wildman–Crippen LogP) is 4.77. The van der Waals surface area contributed by atoms with Crippen LogP contribution in [0.5, 0.6) is 0 Å². The molecule has 1 fully saturated rings. The van der Waals surface area contributed by atoms with Crippen molar-refractivity contribution in [3.8, 4) is 16.3 Å². The first kappa shape index (κ1) is 21.2. The Labute approximate surface area is 196 Å². The Kier molecular flexibility index (Phi) is 5.77. The number of aromatic nitrogens is 2. The normalized spacial score (nSPS) is 15.2. The number of anilines is 1. The standard InChI is InChI=1S/C23H21ClN4O2S2/c24-19-9-4-5-10-20(19)26-12-14-27(15-13-26)32(29,30)22-17-28(18-7-2-1-3-8-18)25-23(22)21-11-6-16-31-21/h1-11,16-17H,12-15H2. The first-order chi connectivity index (χ1) is 15.5. The van der Waals surface area contributed by atoms with Gasteiger partial charge < -0.3 is 4.90 Å². The van der Waals surface area contributed by atoms with E-state index in [0.717, 1.165) is 16.3 Å². The van der Waals surface area contributed by atoms with Gasteiger partial charge in [0.15, 0.2) is 0 Å². The van der Waals surface area contributed by atoms with Gasteiger partial charge in [-0.25, -0.2) is 13.1 Å². The van der Waals surface area contributed by atoms with Gasteiger partial charge in [-0.15, -0.1) is 11.3 Å². The van der Waals surface area contributed by atoms with Gasteiger partial charge in [0.05, 0.1) is 27.5 Å². The minimum Gasteiger partial charge on any atom is -0.368 e. The summed E-state index contributed by atoms with van der Waals surface area (Å²) in [5, 5.41) is 7.25. The summed E-state index contributed by atoms with van der Waals surface area (Å²) >= 11 is 7.81. The van der Waals surface area contributed by atoms with Crippen LogP contribution in [-0.4, -0.2) is 48.7 Å². The van der Waals surface area contributed by atoms with E-state index in [1.807, 2.05) is 72.1 Å². The summed E-state index contributed by atoms with van der Waals surface area (Å²) in [6.45, 7) is 1.91. The Morgan fingerprint density at radius 1 is 0.875 bits per heavy atom. The van der Waals surface area contributed by atoms with Gasteiger partial charge >= 0.3 is 0 Å². The van der Waals surface area contributed by atoms with Crippen molar-refractivity contribution in [2.24, 2.45) is 0 Å². The van der Waals surface area contributed by atoms with Gasteiger partial charge in [-0.2, -0.15) is 9.40 Å². The highest BCUT2D eigenvalue weighted by Crippen LogP contribution is 2.33. The van der Waals surface area contributed by atoms with Crippen LogP contribution in [0.4, 0.5) is 5.69 Å². The molecule has 2 aromatic carbocycles. The number of benzene rings is 2. The third kappa shape index (κ3) is 3.95. The summed E-state index contributed by atoms with van der Waals surface area (Å²) in [5.41, 5.74) is 2.23. The fourth-order valence-corrected chi connectivity index (χ4v) is 6.45. The highest BCUT2D eigenvalue weighted by Gasteiger charge is 2.33. The number of thiophene rings is 1. The number of hydrogen-bond donors (Lipinski definition) is 0. The van der Waals surface area contributed by atoms with Crippen LogP contribution in [0.1, 0.15) is 0 Å². The van der Waals surface area contributed by atoms with E-state index in [1.54, 1.807) is 15.2 Å². The number of rotatable bonds is 5. The summed E-state index contributed by atoms with van der Waals surface area (Å²) in [6.07, 6.45) is 1.63. The van der Waals surface area contributed by atoms with Crippen LogP contribution in [0.3, 0.4) is 0 Å². The zero-order chi connectivity index (χ0) is 22.1. The molecule has 0 bridgehead atoms. The Hall–Kier alpha value is -2.65. The van der Waals surface area contributed by atoms with E-state index in [0.29, 0.717) is 36.9 Å². The molecule has 1 saturated heterocycles. The molecule has 0 spiro atoms. The van der Waals surface area contributed by atoms with Crippen molar-refractivity contribution < 1.29 is 8.42 Å². The molecule has 3 heterocycles. The third-order valence-corrected chi connectivity index (χ3v) is 8.60. The summed E-state index contributed by atoms with van der Waals surface area (Å²) < 4.78 is 30.6. The van der Waals surface area contributed by atoms with E-state index in [4.69, 9.17) is 11.6 Å². The number of hydrogen-bond acceptors (Lipinski definition) is 5. The first-order valence-electron chi connectivity index (χ1n) is 10.2. The second kappa shape index (κ2) is 8.71. The molecule has 4 aromatic rings. The number of para-hydroxylation sites is 2. The number of sulfonamides is 1. The molecule has 0 N–H and O–H groups in total. The van der Waals surface area contributed by atoms with Crippen LogP contribution in [0.25, 0.3) is 16.3 Å². The predicted molar refractivity (Wildman–Crippen MR) is 129 cm³/mol. The molecule has 6 nitrogen and oxygen atoms in total. The zero-order valence-corrected chi connectivity index (χ0v) is 19.5. The molecule has 0 radical (unpaired) electrons. The summed E-state index contributed by atoms with van der Waals surface area (Å²) in [4.78, 5) is 3.19. The van der Waals surface area contributed by atoms with Crippen LogP contribution in [0, 0.1) is 0 Å². The van der Waals surface area contributed by atoms with Crippen LogP contribution in [0.2, 0.25) is 5.02 Å². The van der Waals surface area contributed by atoms with E-state index < -0.39 is 10.0 Å². The molecule has 9 heteroatoms. The van der Waals surface area contributed by atoms with E-state index in [2.05, 4.69) is 10.00 Å². The number of piperazine rings is 1. The molecule has 164 valence electrons. The van der Waals surface area contributed by atoms with Crippen molar-refractivity contribution >= 4 is 38.6 Å². The average Bonchev–Trinajstić information content (AvgIpc) is 3.51. The fraction of sp³-hybridized carbons (Fsp3) is 0.174. The molecule has 0 atom stereocenters. The van der Waals surface area contributed by atoms with Crippen molar-refractivity contribution in [2.75, 3.05) is 31.1 Å². The van der Waals surface area contributed by atoms with Gasteiger partial charge in [-0.3, -0.25) is 0 Å². The first-order valence-corrected chi connectivity index (χ1v) is 12.9. The van der Waals surface area contributed by atoms with E-state index >= 15 is 0 Å². The van der Waals surface area contributed by atoms with Crippen molar-refractivity contribution in [1.29, 1.82) is 0 Å². The molecule has 32 heavy (non-hydrogen) atoms.